The molecule has 1 fully saturated rings. The zero-order chi connectivity index (χ0) is 37.4. The van der Waals surface area contributed by atoms with E-state index < -0.39 is 49.5 Å². The Morgan fingerprint density at radius 1 is 0.647 bits per heavy atom. The molecule has 1 heterocycles. The smallest absolute Gasteiger partial charge is 0.220 e. The molecule has 0 bridgehead atoms. The molecule has 0 radical (unpaired) electrons. The van der Waals surface area contributed by atoms with E-state index in [1.54, 1.807) is 6.08 Å². The molecule has 1 saturated heterocycles. The molecule has 1 aliphatic rings. The van der Waals surface area contributed by atoms with Crippen LogP contribution in [0.5, 0.6) is 0 Å². The fraction of sp³-hybridized carbons (Fsp3) is 0.929. The number of rotatable bonds is 35. The van der Waals surface area contributed by atoms with Gasteiger partial charge >= 0.3 is 0 Å². The van der Waals surface area contributed by atoms with Crippen molar-refractivity contribution in [3.63, 3.8) is 0 Å². The number of hydrogen-bond acceptors (Lipinski definition) is 8. The topological polar surface area (TPSA) is 149 Å². The molecule has 0 aromatic rings. The summed E-state index contributed by atoms with van der Waals surface area (Å²) in [5.74, 6) is -0.176. The Hall–Kier alpha value is -1.07. The van der Waals surface area contributed by atoms with Gasteiger partial charge in [0.1, 0.15) is 24.4 Å². The monoisotopic (exact) mass is 728 g/mol. The van der Waals surface area contributed by atoms with Crippen LogP contribution in [-0.4, -0.2) is 87.5 Å². The highest BCUT2D eigenvalue weighted by Gasteiger charge is 2.44. The molecule has 9 nitrogen and oxygen atoms in total. The summed E-state index contributed by atoms with van der Waals surface area (Å²) in [4.78, 5) is 12.9. The predicted molar refractivity (Wildman–Crippen MR) is 207 cm³/mol. The molecular formula is C42H81NO8. The maximum atomic E-state index is 12.9. The minimum atomic E-state index is -1.56. The molecule has 2 unspecified atom stereocenters. The molecule has 0 aromatic heterocycles. The number of unbranched alkanes of at least 4 members (excludes halogenated alkanes) is 25. The van der Waals surface area contributed by atoms with E-state index >= 15 is 0 Å². The number of amides is 1. The minimum Gasteiger partial charge on any atom is -0.394 e. The molecule has 7 atom stereocenters. The minimum absolute atomic E-state index is 0.176. The van der Waals surface area contributed by atoms with Crippen LogP contribution in [0.3, 0.4) is 0 Å². The van der Waals surface area contributed by atoms with Gasteiger partial charge in [-0.05, 0) is 19.3 Å². The van der Waals surface area contributed by atoms with Crippen molar-refractivity contribution in [1.29, 1.82) is 0 Å². The van der Waals surface area contributed by atoms with Crippen LogP contribution in [0.1, 0.15) is 194 Å². The molecule has 0 saturated carbocycles. The number of carbonyl (C=O) groups excluding carboxylic acids is 1. The van der Waals surface area contributed by atoms with Gasteiger partial charge in [-0.15, -0.1) is 0 Å². The van der Waals surface area contributed by atoms with E-state index in [9.17, 15) is 30.3 Å². The highest BCUT2D eigenvalue weighted by atomic mass is 16.7. The Balaban J connectivity index is 2.39. The summed E-state index contributed by atoms with van der Waals surface area (Å²) in [6, 6.07) is -0.796. The Kier molecular flexibility index (Phi) is 31.5. The average Bonchev–Trinajstić information content (AvgIpc) is 3.13. The van der Waals surface area contributed by atoms with Crippen molar-refractivity contribution in [2.45, 2.75) is 236 Å². The highest BCUT2D eigenvalue weighted by Crippen LogP contribution is 2.22. The van der Waals surface area contributed by atoms with E-state index in [4.69, 9.17) is 9.47 Å². The van der Waals surface area contributed by atoms with Crippen LogP contribution >= 0.6 is 0 Å². The average molecular weight is 728 g/mol. The zero-order valence-electron chi connectivity index (χ0n) is 32.9. The third kappa shape index (κ3) is 24.8. The van der Waals surface area contributed by atoms with Gasteiger partial charge in [0.25, 0.3) is 0 Å². The third-order valence-electron chi connectivity index (χ3n) is 10.4. The van der Waals surface area contributed by atoms with Crippen molar-refractivity contribution in [1.82, 2.24) is 5.32 Å². The summed E-state index contributed by atoms with van der Waals surface area (Å²) < 4.78 is 11.2. The second-order valence-corrected chi connectivity index (χ2v) is 15.1. The Morgan fingerprint density at radius 3 is 1.53 bits per heavy atom. The summed E-state index contributed by atoms with van der Waals surface area (Å²) >= 11 is 0. The van der Waals surface area contributed by atoms with Crippen molar-refractivity contribution in [2.75, 3.05) is 13.2 Å². The molecule has 302 valence electrons. The van der Waals surface area contributed by atoms with Gasteiger partial charge in [0.05, 0.1) is 25.4 Å². The molecule has 9 heteroatoms. The summed E-state index contributed by atoms with van der Waals surface area (Å²) in [6.45, 7) is 3.76. The van der Waals surface area contributed by atoms with E-state index in [2.05, 4.69) is 19.2 Å². The van der Waals surface area contributed by atoms with Crippen LogP contribution in [0.25, 0.3) is 0 Å². The molecular weight excluding hydrogens is 646 g/mol. The van der Waals surface area contributed by atoms with Gasteiger partial charge in [0, 0.05) is 6.42 Å². The first-order valence-corrected chi connectivity index (χ1v) is 21.4. The van der Waals surface area contributed by atoms with Crippen LogP contribution in [-0.2, 0) is 14.3 Å². The molecule has 0 aromatic carbocycles. The number of aliphatic hydroxyl groups is 5. The number of nitrogens with one attached hydrogen (secondary N) is 1. The van der Waals surface area contributed by atoms with E-state index in [-0.39, 0.29) is 12.5 Å². The number of carbonyl (C=O) groups is 1. The molecule has 51 heavy (non-hydrogen) atoms. The van der Waals surface area contributed by atoms with Crippen molar-refractivity contribution < 1.29 is 39.8 Å². The lowest BCUT2D eigenvalue weighted by Crippen LogP contribution is -2.60. The first-order valence-electron chi connectivity index (χ1n) is 21.4. The number of hydrogen-bond donors (Lipinski definition) is 6. The number of allylic oxidation sites excluding steroid dienone is 1. The Labute approximate surface area is 312 Å². The van der Waals surface area contributed by atoms with Crippen molar-refractivity contribution >= 4 is 5.91 Å². The van der Waals surface area contributed by atoms with E-state index in [0.29, 0.717) is 6.42 Å². The van der Waals surface area contributed by atoms with Gasteiger partial charge in [0.2, 0.25) is 5.91 Å². The molecule has 1 amide bonds. The molecule has 1 rings (SSSR count). The lowest BCUT2D eigenvalue weighted by atomic mass is 9.99. The lowest BCUT2D eigenvalue weighted by molar-refractivity contribution is -0.302. The second kappa shape index (κ2) is 33.5. The van der Waals surface area contributed by atoms with E-state index in [1.165, 1.54) is 135 Å². The SMILES string of the molecule is CCCCCCCCCCCCCC=CC(O)C(CO[C@@H]1O[C@H](CO)[C@H](O)[C@H](O)[C@H]1O)NC(=O)CCCCCCCCCCCCCCCCC. The first-order chi connectivity index (χ1) is 24.8. The third-order valence-corrected chi connectivity index (χ3v) is 10.4. The van der Waals surface area contributed by atoms with Crippen molar-refractivity contribution in [3.05, 3.63) is 12.2 Å². The molecule has 1 aliphatic heterocycles. The van der Waals surface area contributed by atoms with Crippen LogP contribution in [0, 0.1) is 0 Å². The maximum absolute atomic E-state index is 12.9. The predicted octanol–water partition coefficient (Wildman–Crippen LogP) is 8.17. The lowest BCUT2D eigenvalue weighted by Gasteiger charge is -2.40. The Morgan fingerprint density at radius 2 is 1.08 bits per heavy atom. The Bertz CT molecular complexity index is 812. The fourth-order valence-corrected chi connectivity index (χ4v) is 6.86. The summed E-state index contributed by atoms with van der Waals surface area (Å²) in [5.41, 5.74) is 0. The van der Waals surface area contributed by atoms with Crippen molar-refractivity contribution in [2.24, 2.45) is 0 Å². The fourth-order valence-electron chi connectivity index (χ4n) is 6.86. The number of aliphatic hydroxyl groups excluding tert-OH is 5. The van der Waals surface area contributed by atoms with Gasteiger partial charge in [-0.25, -0.2) is 0 Å². The highest BCUT2D eigenvalue weighted by molar-refractivity contribution is 5.76. The summed E-state index contributed by atoms with van der Waals surface area (Å²) in [5, 5.41) is 54.0. The zero-order valence-corrected chi connectivity index (χ0v) is 32.9. The van der Waals surface area contributed by atoms with Gasteiger partial charge in [-0.1, -0.05) is 180 Å². The standard InChI is InChI=1S/C42H81NO8/c1-3-5-7-9-11-13-15-17-18-20-22-24-26-28-30-32-38(46)43-35(34-50-42-41(49)40(48)39(47)37(33-44)51-42)36(45)31-29-27-25-23-21-19-16-14-12-10-8-6-4-2/h29,31,35-37,39-42,44-45,47-49H,3-28,30,32-34H2,1-2H3,(H,43,46)/t35?,36?,37-,39+,40+,41-,42-/m1/s1. The first kappa shape index (κ1) is 48.0. The van der Waals surface area contributed by atoms with Gasteiger partial charge < -0.3 is 40.3 Å². The molecule has 0 aliphatic carbocycles. The van der Waals surface area contributed by atoms with Gasteiger partial charge in [0.15, 0.2) is 6.29 Å². The number of ether oxygens (including phenoxy) is 2. The van der Waals surface area contributed by atoms with Gasteiger partial charge in [-0.3, -0.25) is 4.79 Å². The van der Waals surface area contributed by atoms with E-state index in [0.717, 1.165) is 38.5 Å². The van der Waals surface area contributed by atoms with Crippen LogP contribution in [0.2, 0.25) is 0 Å². The van der Waals surface area contributed by atoms with Crippen LogP contribution in [0.15, 0.2) is 12.2 Å². The summed E-state index contributed by atoms with van der Waals surface area (Å²) in [6.07, 6.45) is 29.6. The quantitative estimate of drug-likeness (QED) is 0.0283. The maximum Gasteiger partial charge on any atom is 0.220 e. The van der Waals surface area contributed by atoms with E-state index in [1.807, 2.05) is 6.08 Å². The van der Waals surface area contributed by atoms with Crippen LogP contribution in [0.4, 0.5) is 0 Å². The summed E-state index contributed by atoms with van der Waals surface area (Å²) in [7, 11) is 0. The molecule has 0 spiro atoms. The van der Waals surface area contributed by atoms with Crippen molar-refractivity contribution in [3.8, 4) is 0 Å². The molecule has 6 N–H and O–H groups in total. The largest absolute Gasteiger partial charge is 0.394 e. The van der Waals surface area contributed by atoms with Crippen LogP contribution < -0.4 is 5.32 Å². The second-order valence-electron chi connectivity index (χ2n) is 15.1. The normalized spacial score (nSPS) is 22.1. The van der Waals surface area contributed by atoms with Gasteiger partial charge in [-0.2, -0.15) is 0 Å².